The van der Waals surface area contributed by atoms with Crippen LogP contribution in [0.4, 0.5) is 5.69 Å². The van der Waals surface area contributed by atoms with Crippen LogP contribution in [0.2, 0.25) is 0 Å². The quantitative estimate of drug-likeness (QED) is 0.595. The summed E-state index contributed by atoms with van der Waals surface area (Å²) in [5.74, 6) is -0.131. The van der Waals surface area contributed by atoms with E-state index in [2.05, 4.69) is 4.72 Å². The topological polar surface area (TPSA) is 92.4 Å². The van der Waals surface area contributed by atoms with Crippen molar-refractivity contribution in [1.29, 1.82) is 0 Å². The van der Waals surface area contributed by atoms with Gasteiger partial charge >= 0.3 is 0 Å². The lowest BCUT2D eigenvalue weighted by atomic mass is 10.3. The predicted molar refractivity (Wildman–Crippen MR) is 80.3 cm³/mol. The number of hydrogen-bond acceptors (Lipinski definition) is 5. The fourth-order valence-electron chi connectivity index (χ4n) is 1.69. The minimum absolute atomic E-state index is 0.0377. The number of rotatable bonds is 4. The van der Waals surface area contributed by atoms with E-state index < -0.39 is 10.0 Å². The van der Waals surface area contributed by atoms with Crippen LogP contribution in [-0.2, 0) is 16.6 Å². The van der Waals surface area contributed by atoms with Crippen LogP contribution in [-0.4, -0.2) is 13.5 Å². The van der Waals surface area contributed by atoms with Crippen LogP contribution in [0.1, 0.15) is 15.3 Å². The average molecular weight is 312 g/mol. The second-order valence-corrected chi connectivity index (χ2v) is 7.60. The molecule has 4 N–H and O–H groups in total. The first-order chi connectivity index (χ1) is 9.29. The predicted octanol–water partition coefficient (Wildman–Crippen LogP) is 2.13. The van der Waals surface area contributed by atoms with Crippen LogP contribution in [0.5, 0.6) is 5.75 Å². The van der Waals surface area contributed by atoms with E-state index in [1.165, 1.54) is 23.1 Å². The van der Waals surface area contributed by atoms with Gasteiger partial charge in [0.25, 0.3) is 0 Å². The van der Waals surface area contributed by atoms with Crippen molar-refractivity contribution in [1.82, 2.24) is 4.72 Å². The van der Waals surface area contributed by atoms with Gasteiger partial charge in [-0.05, 0) is 43.7 Å². The molecule has 0 aliphatic rings. The summed E-state index contributed by atoms with van der Waals surface area (Å²) in [5, 5.41) is 9.31. The third-order valence-corrected chi connectivity index (χ3v) is 5.51. The summed E-state index contributed by atoms with van der Waals surface area (Å²) < 4.78 is 26.8. The third kappa shape index (κ3) is 3.12. The minimum Gasteiger partial charge on any atom is -0.506 e. The number of benzene rings is 1. The summed E-state index contributed by atoms with van der Waals surface area (Å²) >= 11 is 1.56. The van der Waals surface area contributed by atoms with Crippen molar-refractivity contribution in [2.45, 2.75) is 25.3 Å². The number of nitrogens with one attached hydrogen (secondary N) is 1. The van der Waals surface area contributed by atoms with Crippen LogP contribution in [0.15, 0.2) is 29.2 Å². The molecule has 1 heterocycles. The molecule has 0 radical (unpaired) electrons. The van der Waals surface area contributed by atoms with Gasteiger partial charge in [-0.25, -0.2) is 13.1 Å². The second-order valence-electron chi connectivity index (χ2n) is 4.50. The van der Waals surface area contributed by atoms with Crippen molar-refractivity contribution >= 4 is 27.0 Å². The van der Waals surface area contributed by atoms with Crippen molar-refractivity contribution in [2.75, 3.05) is 5.73 Å². The number of phenols is 1. The fraction of sp³-hybridized carbons (Fsp3) is 0.231. The maximum absolute atomic E-state index is 12.1. The van der Waals surface area contributed by atoms with Crippen LogP contribution in [0.25, 0.3) is 0 Å². The van der Waals surface area contributed by atoms with E-state index in [1.807, 2.05) is 19.9 Å². The summed E-state index contributed by atoms with van der Waals surface area (Å²) in [7, 11) is -3.64. The first-order valence-corrected chi connectivity index (χ1v) is 8.23. The number of thiophene rings is 1. The Kier molecular flexibility index (Phi) is 4.03. The molecule has 2 rings (SSSR count). The molecule has 20 heavy (non-hydrogen) atoms. The molecule has 1 aromatic heterocycles. The maximum atomic E-state index is 12.1. The Morgan fingerprint density at radius 1 is 1.30 bits per heavy atom. The number of aryl methyl sites for hydroxylation is 2. The molecule has 7 heteroatoms. The molecule has 2 aromatic rings. The summed E-state index contributed by atoms with van der Waals surface area (Å²) in [6.07, 6.45) is 0. The van der Waals surface area contributed by atoms with E-state index in [1.54, 1.807) is 11.3 Å². The highest BCUT2D eigenvalue weighted by Gasteiger charge is 2.15. The van der Waals surface area contributed by atoms with Gasteiger partial charge in [0.05, 0.1) is 10.6 Å². The van der Waals surface area contributed by atoms with E-state index in [0.29, 0.717) is 0 Å². The number of nitrogen functional groups attached to an aromatic ring is 1. The Hall–Kier alpha value is -1.57. The number of nitrogens with two attached hydrogens (primary N) is 1. The van der Waals surface area contributed by atoms with Crippen LogP contribution < -0.4 is 10.5 Å². The average Bonchev–Trinajstić information content (AvgIpc) is 2.70. The summed E-state index contributed by atoms with van der Waals surface area (Å²) in [5.41, 5.74) is 6.70. The molecule has 0 amide bonds. The molecule has 0 unspecified atom stereocenters. The molecule has 0 spiro atoms. The van der Waals surface area contributed by atoms with Gasteiger partial charge in [0.1, 0.15) is 5.75 Å². The smallest absolute Gasteiger partial charge is 0.240 e. The van der Waals surface area contributed by atoms with Crippen molar-refractivity contribution in [3.05, 3.63) is 39.6 Å². The molecule has 0 aliphatic heterocycles. The largest absolute Gasteiger partial charge is 0.506 e. The molecular formula is C13H16N2O3S2. The molecule has 5 nitrogen and oxygen atoms in total. The molecule has 0 saturated heterocycles. The lowest BCUT2D eigenvalue weighted by Gasteiger charge is -2.07. The molecule has 0 aliphatic carbocycles. The zero-order valence-electron chi connectivity index (χ0n) is 11.2. The standard InChI is InChI=1S/C13H16N2O3S2/c1-8-5-10(19-9(8)2)7-15-20(17,18)11-3-4-13(16)12(14)6-11/h3-6,15-16H,7,14H2,1-2H3. The SMILES string of the molecule is Cc1cc(CNS(=O)(=O)c2ccc(O)c(N)c2)sc1C. The van der Waals surface area contributed by atoms with Gasteiger partial charge in [-0.1, -0.05) is 0 Å². The van der Waals surface area contributed by atoms with Gasteiger partial charge < -0.3 is 10.8 Å². The van der Waals surface area contributed by atoms with E-state index in [4.69, 9.17) is 5.73 Å². The van der Waals surface area contributed by atoms with E-state index in [0.717, 1.165) is 10.4 Å². The fourth-order valence-corrected chi connectivity index (χ4v) is 3.81. The van der Waals surface area contributed by atoms with E-state index >= 15 is 0 Å². The highest BCUT2D eigenvalue weighted by Crippen LogP contribution is 2.24. The van der Waals surface area contributed by atoms with Gasteiger partial charge in [0.2, 0.25) is 10.0 Å². The summed E-state index contributed by atoms with van der Waals surface area (Å²) in [6, 6.07) is 5.79. The minimum atomic E-state index is -3.64. The lowest BCUT2D eigenvalue weighted by Crippen LogP contribution is -2.22. The molecule has 0 bridgehead atoms. The zero-order valence-corrected chi connectivity index (χ0v) is 12.8. The van der Waals surface area contributed by atoms with Gasteiger partial charge in [0.15, 0.2) is 0 Å². The second kappa shape index (κ2) is 5.43. The van der Waals surface area contributed by atoms with Crippen LogP contribution in [0, 0.1) is 13.8 Å². The van der Waals surface area contributed by atoms with Crippen molar-refractivity contribution < 1.29 is 13.5 Å². The molecule has 1 aromatic carbocycles. The highest BCUT2D eigenvalue weighted by atomic mass is 32.2. The number of sulfonamides is 1. The zero-order chi connectivity index (χ0) is 14.9. The van der Waals surface area contributed by atoms with Gasteiger partial charge in [0, 0.05) is 16.3 Å². The Bertz CT molecular complexity index is 717. The van der Waals surface area contributed by atoms with E-state index in [9.17, 15) is 13.5 Å². The number of hydrogen-bond donors (Lipinski definition) is 3. The first kappa shape index (κ1) is 14.8. The molecular weight excluding hydrogens is 296 g/mol. The Balaban J connectivity index is 2.16. The highest BCUT2D eigenvalue weighted by molar-refractivity contribution is 7.89. The maximum Gasteiger partial charge on any atom is 0.240 e. The summed E-state index contributed by atoms with van der Waals surface area (Å²) in [6.45, 7) is 4.23. The van der Waals surface area contributed by atoms with Crippen molar-refractivity contribution in [3.63, 3.8) is 0 Å². The number of phenolic OH excluding ortho intramolecular Hbond substituents is 1. The van der Waals surface area contributed by atoms with Crippen molar-refractivity contribution in [3.8, 4) is 5.75 Å². The molecule has 0 fully saturated rings. The summed E-state index contributed by atoms with van der Waals surface area (Å²) in [4.78, 5) is 2.17. The molecule has 108 valence electrons. The van der Waals surface area contributed by atoms with Crippen molar-refractivity contribution in [2.24, 2.45) is 0 Å². The van der Waals surface area contributed by atoms with Crippen LogP contribution in [0.3, 0.4) is 0 Å². The molecule has 0 saturated carbocycles. The Labute approximate surface area is 122 Å². The van der Waals surface area contributed by atoms with Crippen LogP contribution >= 0.6 is 11.3 Å². The normalized spacial score (nSPS) is 11.7. The van der Waals surface area contributed by atoms with Gasteiger partial charge in [-0.15, -0.1) is 11.3 Å². The lowest BCUT2D eigenvalue weighted by molar-refractivity contribution is 0.477. The van der Waals surface area contributed by atoms with Gasteiger partial charge in [-0.3, -0.25) is 0 Å². The Morgan fingerprint density at radius 3 is 2.55 bits per heavy atom. The first-order valence-electron chi connectivity index (χ1n) is 5.93. The number of aromatic hydroxyl groups is 1. The van der Waals surface area contributed by atoms with Gasteiger partial charge in [-0.2, -0.15) is 0 Å². The molecule has 0 atom stereocenters. The Morgan fingerprint density at radius 2 is 2.00 bits per heavy atom. The third-order valence-electron chi connectivity index (χ3n) is 2.96. The van der Waals surface area contributed by atoms with E-state index in [-0.39, 0.29) is 22.9 Å². The number of anilines is 1. The monoisotopic (exact) mass is 312 g/mol.